The van der Waals surface area contributed by atoms with Crippen molar-refractivity contribution < 1.29 is 38.2 Å². The first-order chi connectivity index (χ1) is 24.5. The number of hydrogen-bond donors (Lipinski definition) is 4. The Morgan fingerprint density at radius 3 is 2.29 bits per heavy atom. The molecular formula is C39H57N5O8. The molecule has 13 heteroatoms. The van der Waals surface area contributed by atoms with Gasteiger partial charge in [0.15, 0.2) is 0 Å². The average molecular weight is 724 g/mol. The van der Waals surface area contributed by atoms with E-state index in [0.717, 1.165) is 24.8 Å². The molecule has 0 bridgehead atoms. The Bertz CT molecular complexity index is 1480. The van der Waals surface area contributed by atoms with Crippen molar-refractivity contribution in [1.82, 2.24) is 26.2 Å². The van der Waals surface area contributed by atoms with E-state index in [9.17, 15) is 28.8 Å². The predicted molar refractivity (Wildman–Crippen MR) is 195 cm³/mol. The van der Waals surface area contributed by atoms with Crippen molar-refractivity contribution in [3.63, 3.8) is 0 Å². The number of fused-ring (bicyclic) bond motifs is 1. The maximum Gasteiger partial charge on any atom is 0.508 e. The van der Waals surface area contributed by atoms with E-state index >= 15 is 0 Å². The number of carbonyl (C=O) groups excluding carboxylic acids is 6. The molecule has 2 saturated carbocycles. The summed E-state index contributed by atoms with van der Waals surface area (Å²) in [4.78, 5) is 81.8. The number of nitrogens with zero attached hydrogens (tertiary/aromatic N) is 1. The number of hydrogen-bond acceptors (Lipinski definition) is 8. The van der Waals surface area contributed by atoms with Gasteiger partial charge in [0.25, 0.3) is 5.91 Å². The molecule has 0 radical (unpaired) electrons. The van der Waals surface area contributed by atoms with E-state index in [4.69, 9.17) is 9.47 Å². The van der Waals surface area contributed by atoms with Gasteiger partial charge in [-0.3, -0.25) is 19.2 Å². The minimum absolute atomic E-state index is 0.0576. The van der Waals surface area contributed by atoms with Crippen molar-refractivity contribution in [3.8, 4) is 0 Å². The number of rotatable bonds is 15. The predicted octanol–water partition coefficient (Wildman–Crippen LogP) is 4.40. The zero-order valence-corrected chi connectivity index (χ0v) is 31.5. The Morgan fingerprint density at radius 2 is 1.67 bits per heavy atom. The van der Waals surface area contributed by atoms with Crippen LogP contribution in [0.1, 0.15) is 92.1 Å². The summed E-state index contributed by atoms with van der Waals surface area (Å²) in [6, 6.07) is 5.72. The molecule has 4 rings (SSSR count). The van der Waals surface area contributed by atoms with Crippen molar-refractivity contribution in [1.29, 1.82) is 0 Å². The van der Waals surface area contributed by atoms with Crippen molar-refractivity contribution in [2.24, 2.45) is 22.7 Å². The van der Waals surface area contributed by atoms with Gasteiger partial charge in [-0.2, -0.15) is 0 Å². The average Bonchev–Trinajstić information content (AvgIpc) is 3.40. The van der Waals surface area contributed by atoms with E-state index in [1.54, 1.807) is 0 Å². The molecule has 1 unspecified atom stereocenters. The lowest BCUT2D eigenvalue weighted by Gasteiger charge is -2.40. The number of ketones is 1. The van der Waals surface area contributed by atoms with Crippen LogP contribution in [0.4, 0.5) is 9.59 Å². The largest absolute Gasteiger partial charge is 0.508 e. The summed E-state index contributed by atoms with van der Waals surface area (Å²) in [6.07, 6.45) is 5.22. The molecule has 286 valence electrons. The third-order valence-electron chi connectivity index (χ3n) is 10.8. The molecule has 0 aromatic heterocycles. The summed E-state index contributed by atoms with van der Waals surface area (Å²) >= 11 is 0. The van der Waals surface area contributed by atoms with Crippen LogP contribution in [0.25, 0.3) is 0 Å². The van der Waals surface area contributed by atoms with Crippen LogP contribution in [0.15, 0.2) is 43.0 Å². The third-order valence-corrected chi connectivity index (χ3v) is 10.8. The number of nitrogens with one attached hydrogen (secondary N) is 4. The van der Waals surface area contributed by atoms with Crippen LogP contribution in [0.3, 0.4) is 0 Å². The van der Waals surface area contributed by atoms with Crippen molar-refractivity contribution in [3.05, 3.63) is 48.6 Å². The van der Waals surface area contributed by atoms with Gasteiger partial charge in [0.05, 0.1) is 11.6 Å². The van der Waals surface area contributed by atoms with Gasteiger partial charge in [0.1, 0.15) is 25.3 Å². The summed E-state index contributed by atoms with van der Waals surface area (Å²) in [6.45, 7) is 15.4. The highest BCUT2D eigenvalue weighted by molar-refractivity contribution is 6.38. The van der Waals surface area contributed by atoms with E-state index in [-0.39, 0.29) is 43.4 Å². The first kappa shape index (κ1) is 40.4. The molecule has 0 spiro atoms. The first-order valence-electron chi connectivity index (χ1n) is 18.5. The topological polar surface area (TPSA) is 172 Å². The first-order valence-corrected chi connectivity index (χ1v) is 18.5. The van der Waals surface area contributed by atoms with Crippen LogP contribution >= 0.6 is 0 Å². The molecule has 52 heavy (non-hydrogen) atoms. The Kier molecular flexibility index (Phi) is 13.1. The molecule has 1 aromatic carbocycles. The molecule has 1 saturated heterocycles. The molecule has 1 aromatic rings. The Balaban J connectivity index is 1.46. The summed E-state index contributed by atoms with van der Waals surface area (Å²) in [7, 11) is 0. The number of piperidine rings is 1. The maximum atomic E-state index is 14.4. The van der Waals surface area contributed by atoms with E-state index in [1.165, 1.54) is 11.0 Å². The molecule has 1 aliphatic heterocycles. The smallest absolute Gasteiger partial charge is 0.432 e. The number of Topliss-reactive ketones (excluding diaryl/α,β-unsaturated/α-hetero) is 1. The molecule has 5 atom stereocenters. The number of likely N-dealkylation sites (tertiary alicyclic amines) is 1. The molecule has 1 heterocycles. The van der Waals surface area contributed by atoms with E-state index < -0.39 is 64.8 Å². The minimum Gasteiger partial charge on any atom is -0.432 e. The SMILES string of the molecule is C=CCNC(=O)C(=O)C(CCC)NC(=O)[C@@H]1[C@@H]2[C@H](CN1C(=O)[C@@H](NC(=O)NC1(COC(=O)OCc3ccccc3)CCCCC1)C(C)(C)C)C2(C)C. The van der Waals surface area contributed by atoms with Gasteiger partial charge in [-0.25, -0.2) is 9.59 Å². The lowest BCUT2D eigenvalue weighted by Crippen LogP contribution is -2.63. The van der Waals surface area contributed by atoms with E-state index in [0.29, 0.717) is 25.8 Å². The van der Waals surface area contributed by atoms with Crippen molar-refractivity contribution in [2.45, 2.75) is 117 Å². The van der Waals surface area contributed by atoms with Crippen LogP contribution in [-0.2, 0) is 35.3 Å². The molecule has 2 aliphatic carbocycles. The zero-order chi connectivity index (χ0) is 38.3. The summed E-state index contributed by atoms with van der Waals surface area (Å²) in [5.74, 6) is -2.56. The van der Waals surface area contributed by atoms with Crippen LogP contribution in [0.2, 0.25) is 0 Å². The van der Waals surface area contributed by atoms with Crippen LogP contribution < -0.4 is 21.3 Å². The highest BCUT2D eigenvalue weighted by Crippen LogP contribution is 2.65. The number of urea groups is 1. The molecular weight excluding hydrogens is 666 g/mol. The van der Waals surface area contributed by atoms with Crippen molar-refractivity contribution >= 4 is 35.7 Å². The van der Waals surface area contributed by atoms with Gasteiger partial charge >= 0.3 is 12.2 Å². The lowest BCUT2D eigenvalue weighted by molar-refractivity contribution is -0.145. The van der Waals surface area contributed by atoms with E-state index in [1.807, 2.05) is 58.0 Å². The highest BCUT2D eigenvalue weighted by Gasteiger charge is 2.70. The van der Waals surface area contributed by atoms with Gasteiger partial charge in [0, 0.05) is 13.1 Å². The summed E-state index contributed by atoms with van der Waals surface area (Å²) in [5.41, 5.74) is -0.983. The van der Waals surface area contributed by atoms with Crippen molar-refractivity contribution in [2.75, 3.05) is 19.7 Å². The zero-order valence-electron chi connectivity index (χ0n) is 31.5. The normalized spacial score (nSPS) is 22.4. The van der Waals surface area contributed by atoms with Crippen LogP contribution in [0, 0.1) is 22.7 Å². The second-order valence-electron chi connectivity index (χ2n) is 16.2. The van der Waals surface area contributed by atoms with Gasteiger partial charge in [0.2, 0.25) is 17.6 Å². The van der Waals surface area contributed by atoms with Crippen LogP contribution in [-0.4, -0.2) is 84.0 Å². The highest BCUT2D eigenvalue weighted by atomic mass is 16.7. The monoisotopic (exact) mass is 723 g/mol. The standard InChI is InChI=1S/C39H57N5O8/c1-8-16-27(30(45)33(47)40-21-9-2)41-32(46)29-28-26(38(28,6)7)22-44(29)34(48)31(37(3,4)5)42-35(49)43-39(19-14-11-15-20-39)24-52-36(50)51-23-25-17-12-10-13-18-25/h9-10,12-13,17-18,26-29,31H,2,8,11,14-16,19-24H2,1,3-7H3,(H,40,47)(H,41,46)(H2,42,43,49)/t26-,27?,28-,29-,31+/m0/s1. The van der Waals surface area contributed by atoms with Gasteiger partial charge in [-0.15, -0.1) is 6.58 Å². The van der Waals surface area contributed by atoms with Gasteiger partial charge in [-0.1, -0.05) is 104 Å². The number of benzene rings is 1. The second kappa shape index (κ2) is 16.9. The Labute approximate surface area is 307 Å². The quantitative estimate of drug-likeness (QED) is 0.117. The Hall–Kier alpha value is -4.42. The molecule has 4 N–H and O–H groups in total. The minimum atomic E-state index is -1.05. The summed E-state index contributed by atoms with van der Waals surface area (Å²) < 4.78 is 10.8. The molecule has 5 amide bonds. The fourth-order valence-corrected chi connectivity index (χ4v) is 7.75. The number of carbonyl (C=O) groups is 6. The lowest BCUT2D eigenvalue weighted by atomic mass is 9.82. The van der Waals surface area contributed by atoms with Crippen LogP contribution in [0.5, 0.6) is 0 Å². The molecule has 3 aliphatic rings. The maximum absolute atomic E-state index is 14.4. The third kappa shape index (κ3) is 9.71. The molecule has 13 nitrogen and oxygen atoms in total. The molecule has 3 fully saturated rings. The van der Waals surface area contributed by atoms with Gasteiger partial charge < -0.3 is 35.6 Å². The van der Waals surface area contributed by atoms with E-state index in [2.05, 4.69) is 41.7 Å². The second-order valence-corrected chi connectivity index (χ2v) is 16.2. The fourth-order valence-electron chi connectivity index (χ4n) is 7.75. The fraction of sp³-hybridized carbons (Fsp3) is 0.641. The number of amides is 5. The summed E-state index contributed by atoms with van der Waals surface area (Å²) in [5, 5.41) is 11.2. The Morgan fingerprint density at radius 1 is 1.00 bits per heavy atom. The van der Waals surface area contributed by atoms with Gasteiger partial charge in [-0.05, 0) is 47.5 Å². The number of ether oxygens (including phenoxy) is 2.